The van der Waals surface area contributed by atoms with Gasteiger partial charge in [-0.1, -0.05) is 48.0 Å². The average Bonchev–Trinajstić information content (AvgIpc) is 2.51. The molecule has 0 bridgehead atoms. The minimum Gasteiger partial charge on any atom is -0.342 e. The Kier molecular flexibility index (Phi) is 6.24. The van der Waals surface area contributed by atoms with Crippen molar-refractivity contribution >= 4 is 11.8 Å². The lowest BCUT2D eigenvalue weighted by Gasteiger charge is -2.51. The Hall–Kier alpha value is -1.06. The van der Waals surface area contributed by atoms with Crippen molar-refractivity contribution in [3.8, 4) is 0 Å². The lowest BCUT2D eigenvalue weighted by Crippen LogP contribution is -2.70. The van der Waals surface area contributed by atoms with Crippen molar-refractivity contribution in [3.63, 3.8) is 0 Å². The smallest absolute Gasteiger partial charge is 0.246 e. The van der Waals surface area contributed by atoms with Crippen LogP contribution >= 0.6 is 0 Å². The second kappa shape index (κ2) is 7.28. The Balaban J connectivity index is 3.26. The summed E-state index contributed by atoms with van der Waals surface area (Å²) in [5, 5.41) is 2.96. The molecule has 2 amide bonds. The number of carbonyl (C=O) groups is 2. The van der Waals surface area contributed by atoms with E-state index in [1.807, 2.05) is 18.7 Å². The Morgan fingerprint density at radius 3 is 2.00 bits per heavy atom. The number of carbonyl (C=O) groups excluding carboxylic acids is 2. The van der Waals surface area contributed by atoms with Gasteiger partial charge in [-0.3, -0.25) is 9.59 Å². The molecule has 21 heavy (non-hydrogen) atoms. The summed E-state index contributed by atoms with van der Waals surface area (Å²) in [4.78, 5) is 27.5. The molecule has 1 aliphatic heterocycles. The highest BCUT2D eigenvalue weighted by atomic mass is 16.2. The first-order chi connectivity index (χ1) is 9.92. The van der Waals surface area contributed by atoms with Crippen molar-refractivity contribution < 1.29 is 9.59 Å². The molecule has 0 spiro atoms. The average molecular weight is 296 g/mol. The molecule has 4 heteroatoms. The van der Waals surface area contributed by atoms with Crippen LogP contribution in [-0.2, 0) is 9.59 Å². The first-order valence-electron chi connectivity index (χ1n) is 8.55. The fourth-order valence-corrected chi connectivity index (χ4v) is 3.55. The van der Waals surface area contributed by atoms with Crippen molar-refractivity contribution in [3.05, 3.63) is 0 Å². The summed E-state index contributed by atoms with van der Waals surface area (Å²) in [7, 11) is 0. The SMILES string of the molecule is CCC(C)C1NC(=O)C(CC)N(C(CC)(CC)CC)C1=O. The molecule has 1 fully saturated rings. The molecule has 0 aliphatic carbocycles. The molecule has 0 radical (unpaired) electrons. The molecule has 1 heterocycles. The van der Waals surface area contributed by atoms with E-state index in [4.69, 9.17) is 0 Å². The number of hydrogen-bond donors (Lipinski definition) is 1. The molecule has 0 saturated carbocycles. The fourth-order valence-electron chi connectivity index (χ4n) is 3.55. The second-order valence-electron chi connectivity index (χ2n) is 6.29. The van der Waals surface area contributed by atoms with Crippen molar-refractivity contribution in [2.45, 2.75) is 91.3 Å². The molecule has 4 nitrogen and oxygen atoms in total. The molecule has 0 aromatic carbocycles. The minimum absolute atomic E-state index is 0.0159. The van der Waals surface area contributed by atoms with Gasteiger partial charge in [-0.15, -0.1) is 0 Å². The molecule has 3 unspecified atom stereocenters. The van der Waals surface area contributed by atoms with Gasteiger partial charge in [-0.25, -0.2) is 0 Å². The Bertz CT molecular complexity index is 369. The third kappa shape index (κ3) is 3.09. The van der Waals surface area contributed by atoms with Gasteiger partial charge in [0.1, 0.15) is 12.1 Å². The summed E-state index contributed by atoms with van der Waals surface area (Å²) >= 11 is 0. The van der Waals surface area contributed by atoms with Crippen molar-refractivity contribution in [2.75, 3.05) is 0 Å². The van der Waals surface area contributed by atoms with E-state index >= 15 is 0 Å². The van der Waals surface area contributed by atoms with Gasteiger partial charge in [0.2, 0.25) is 11.8 Å². The van der Waals surface area contributed by atoms with E-state index < -0.39 is 0 Å². The summed E-state index contributed by atoms with van der Waals surface area (Å²) in [6.07, 6.45) is 4.24. The second-order valence-corrected chi connectivity index (χ2v) is 6.29. The number of nitrogens with zero attached hydrogens (tertiary/aromatic N) is 1. The van der Waals surface area contributed by atoms with E-state index in [1.165, 1.54) is 0 Å². The highest BCUT2D eigenvalue weighted by Gasteiger charge is 2.48. The predicted molar refractivity (Wildman–Crippen MR) is 85.9 cm³/mol. The van der Waals surface area contributed by atoms with Gasteiger partial charge >= 0.3 is 0 Å². The quantitative estimate of drug-likeness (QED) is 0.785. The number of hydrogen-bond acceptors (Lipinski definition) is 2. The van der Waals surface area contributed by atoms with E-state index in [0.717, 1.165) is 25.7 Å². The number of piperazine rings is 1. The van der Waals surface area contributed by atoms with Gasteiger partial charge in [0, 0.05) is 5.54 Å². The van der Waals surface area contributed by atoms with Crippen LogP contribution in [0.2, 0.25) is 0 Å². The lowest BCUT2D eigenvalue weighted by atomic mass is 9.82. The summed E-state index contributed by atoms with van der Waals surface area (Å²) in [6, 6.07) is -0.688. The van der Waals surface area contributed by atoms with E-state index in [9.17, 15) is 9.59 Å². The standard InChI is InChI=1S/C17H32N2O2/c1-7-12(6)14-16(21)19(13(8-2)15(20)18-14)17(9-3,10-4)11-5/h12-14H,7-11H2,1-6H3,(H,18,20). The van der Waals surface area contributed by atoms with Gasteiger partial charge in [-0.05, 0) is 31.6 Å². The highest BCUT2D eigenvalue weighted by Crippen LogP contribution is 2.34. The Labute approximate surface area is 129 Å². The maximum Gasteiger partial charge on any atom is 0.246 e. The van der Waals surface area contributed by atoms with Crippen LogP contribution in [0.1, 0.15) is 73.6 Å². The fraction of sp³-hybridized carbons (Fsp3) is 0.882. The number of amides is 2. The van der Waals surface area contributed by atoms with E-state index in [1.54, 1.807) is 0 Å². The van der Waals surface area contributed by atoms with E-state index in [0.29, 0.717) is 6.42 Å². The van der Waals surface area contributed by atoms with Crippen LogP contribution in [0.5, 0.6) is 0 Å². The largest absolute Gasteiger partial charge is 0.342 e. The molecular formula is C17H32N2O2. The van der Waals surface area contributed by atoms with Gasteiger partial charge < -0.3 is 10.2 Å². The van der Waals surface area contributed by atoms with Crippen molar-refractivity contribution in [1.82, 2.24) is 10.2 Å². The van der Waals surface area contributed by atoms with Gasteiger partial charge in [0.15, 0.2) is 0 Å². The molecule has 1 rings (SSSR count). The zero-order chi connectivity index (χ0) is 16.2. The van der Waals surface area contributed by atoms with Crippen molar-refractivity contribution in [1.29, 1.82) is 0 Å². The van der Waals surface area contributed by atoms with Crippen LogP contribution in [0.25, 0.3) is 0 Å². The zero-order valence-corrected chi connectivity index (χ0v) is 14.5. The molecule has 3 atom stereocenters. The molecule has 0 aromatic heterocycles. The lowest BCUT2D eigenvalue weighted by molar-refractivity contribution is -0.160. The summed E-state index contributed by atoms with van der Waals surface area (Å²) in [5.74, 6) is 0.300. The predicted octanol–water partition coefficient (Wildman–Crippen LogP) is 3.11. The third-order valence-electron chi connectivity index (χ3n) is 5.50. The molecule has 1 aliphatic rings. The molecule has 122 valence electrons. The minimum atomic E-state index is -0.366. The van der Waals surface area contributed by atoms with E-state index in [-0.39, 0.29) is 35.4 Å². The molecular weight excluding hydrogens is 264 g/mol. The molecule has 0 aromatic rings. The van der Waals surface area contributed by atoms with Crippen molar-refractivity contribution in [2.24, 2.45) is 5.92 Å². The van der Waals surface area contributed by atoms with Crippen LogP contribution < -0.4 is 5.32 Å². The zero-order valence-electron chi connectivity index (χ0n) is 14.5. The van der Waals surface area contributed by atoms with E-state index in [2.05, 4.69) is 33.0 Å². The topological polar surface area (TPSA) is 49.4 Å². The monoisotopic (exact) mass is 296 g/mol. The van der Waals surface area contributed by atoms with Crippen LogP contribution in [0.15, 0.2) is 0 Å². The highest BCUT2D eigenvalue weighted by molar-refractivity contribution is 5.97. The van der Waals surface area contributed by atoms with Gasteiger partial charge in [0.05, 0.1) is 0 Å². The number of nitrogens with one attached hydrogen (secondary N) is 1. The van der Waals surface area contributed by atoms with Crippen LogP contribution in [0.4, 0.5) is 0 Å². The summed E-state index contributed by atoms with van der Waals surface area (Å²) < 4.78 is 0. The Morgan fingerprint density at radius 2 is 1.62 bits per heavy atom. The maximum absolute atomic E-state index is 13.1. The van der Waals surface area contributed by atoms with Gasteiger partial charge in [-0.2, -0.15) is 0 Å². The third-order valence-corrected chi connectivity index (χ3v) is 5.50. The Morgan fingerprint density at radius 1 is 1.10 bits per heavy atom. The maximum atomic E-state index is 13.1. The van der Waals surface area contributed by atoms with Gasteiger partial charge in [0.25, 0.3) is 0 Å². The molecule has 1 N–H and O–H groups in total. The van der Waals surface area contributed by atoms with Crippen LogP contribution in [0, 0.1) is 5.92 Å². The summed E-state index contributed by atoms with van der Waals surface area (Å²) in [5.41, 5.74) is -0.193. The normalized spacial score (nSPS) is 25.0. The first kappa shape index (κ1) is 18.0. The van der Waals surface area contributed by atoms with Crippen LogP contribution in [0.3, 0.4) is 0 Å². The summed E-state index contributed by atoms with van der Waals surface area (Å²) in [6.45, 7) is 12.5. The molecule has 1 saturated heterocycles. The number of rotatable bonds is 7. The first-order valence-corrected chi connectivity index (χ1v) is 8.55. The van der Waals surface area contributed by atoms with Crippen LogP contribution in [-0.4, -0.2) is 34.3 Å².